The van der Waals surface area contributed by atoms with E-state index in [9.17, 15) is 9.59 Å². The lowest BCUT2D eigenvalue weighted by Crippen LogP contribution is -2.32. The number of hydrogen-bond acceptors (Lipinski definition) is 4. The predicted octanol–water partition coefficient (Wildman–Crippen LogP) is 0.724. The highest BCUT2D eigenvalue weighted by molar-refractivity contribution is 5.94. The van der Waals surface area contributed by atoms with Gasteiger partial charge in [0.05, 0.1) is 0 Å². The number of nitrogens with zero attached hydrogens (tertiary/aromatic N) is 1. The lowest BCUT2D eigenvalue weighted by Gasteiger charge is -2.10. The fourth-order valence-corrected chi connectivity index (χ4v) is 2.17. The summed E-state index contributed by atoms with van der Waals surface area (Å²) in [6, 6.07) is 1.81. The highest BCUT2D eigenvalue weighted by Gasteiger charge is 2.33. The zero-order chi connectivity index (χ0) is 14.5. The van der Waals surface area contributed by atoms with E-state index >= 15 is 0 Å². The van der Waals surface area contributed by atoms with Crippen LogP contribution in [0.15, 0.2) is 6.07 Å². The van der Waals surface area contributed by atoms with Crippen LogP contribution in [-0.2, 0) is 20.7 Å². The number of primary amides is 1. The molecule has 0 saturated carbocycles. The first-order valence-corrected chi connectivity index (χ1v) is 6.90. The number of carbonyl (C=O) groups is 2. The van der Waals surface area contributed by atoms with E-state index in [4.69, 9.17) is 10.5 Å². The Bertz CT molecular complexity index is 486. The third-order valence-electron chi connectivity index (χ3n) is 3.31. The average molecular weight is 280 g/mol. The van der Waals surface area contributed by atoms with E-state index in [1.807, 2.05) is 6.07 Å². The minimum atomic E-state index is -0.662. The number of amides is 2. The number of nitrogens with two attached hydrogens (primary N) is 1. The van der Waals surface area contributed by atoms with Crippen molar-refractivity contribution >= 4 is 17.6 Å². The van der Waals surface area contributed by atoms with E-state index in [-0.39, 0.29) is 5.91 Å². The molecule has 1 aromatic rings. The fourth-order valence-electron chi connectivity index (χ4n) is 2.17. The highest BCUT2D eigenvalue weighted by Crippen LogP contribution is 2.20. The number of ether oxygens (including phenoxy) is 1. The zero-order valence-electron chi connectivity index (χ0n) is 11.5. The normalized spacial score (nSPS) is 21.9. The van der Waals surface area contributed by atoms with Crippen LogP contribution in [0.1, 0.15) is 38.3 Å². The second kappa shape index (κ2) is 6.51. The first kappa shape index (κ1) is 14.5. The van der Waals surface area contributed by atoms with Gasteiger partial charge in [-0.25, -0.2) is 0 Å². The molecule has 0 radical (unpaired) electrons. The SMILES string of the molecule is CCCCc1cc(NC(=O)[C@@H]2CC[C@H](C(N)=O)O2)n[nH]1. The van der Waals surface area contributed by atoms with Crippen LogP contribution in [0.5, 0.6) is 0 Å². The fraction of sp³-hybridized carbons (Fsp3) is 0.615. The summed E-state index contributed by atoms with van der Waals surface area (Å²) in [5.74, 6) is -0.337. The molecule has 1 aromatic heterocycles. The topological polar surface area (TPSA) is 110 Å². The molecule has 2 atom stereocenters. The van der Waals surface area contributed by atoms with E-state index in [1.54, 1.807) is 0 Å². The smallest absolute Gasteiger partial charge is 0.254 e. The highest BCUT2D eigenvalue weighted by atomic mass is 16.5. The Morgan fingerprint density at radius 3 is 2.90 bits per heavy atom. The molecule has 0 spiro atoms. The van der Waals surface area contributed by atoms with E-state index in [1.165, 1.54) is 0 Å². The number of anilines is 1. The number of nitrogens with one attached hydrogen (secondary N) is 2. The van der Waals surface area contributed by atoms with Crippen LogP contribution >= 0.6 is 0 Å². The Morgan fingerprint density at radius 2 is 2.25 bits per heavy atom. The Balaban J connectivity index is 1.85. The molecule has 0 aliphatic carbocycles. The van der Waals surface area contributed by atoms with Gasteiger partial charge in [0, 0.05) is 11.8 Å². The maximum Gasteiger partial charge on any atom is 0.254 e. The summed E-state index contributed by atoms with van der Waals surface area (Å²) in [5.41, 5.74) is 6.14. The number of aromatic nitrogens is 2. The van der Waals surface area contributed by atoms with Crippen LogP contribution in [0.2, 0.25) is 0 Å². The summed E-state index contributed by atoms with van der Waals surface area (Å²) in [6.45, 7) is 2.12. The van der Waals surface area contributed by atoms with Crippen LogP contribution < -0.4 is 11.1 Å². The summed E-state index contributed by atoms with van der Waals surface area (Å²) >= 11 is 0. The van der Waals surface area contributed by atoms with E-state index in [2.05, 4.69) is 22.4 Å². The van der Waals surface area contributed by atoms with Crippen LogP contribution in [0.3, 0.4) is 0 Å². The van der Waals surface area contributed by atoms with Crippen molar-refractivity contribution in [3.05, 3.63) is 11.8 Å². The lowest BCUT2D eigenvalue weighted by atomic mass is 10.2. The molecule has 2 amide bonds. The molecule has 0 aromatic carbocycles. The molecule has 2 heterocycles. The van der Waals surface area contributed by atoms with Crippen molar-refractivity contribution in [3.63, 3.8) is 0 Å². The number of aryl methyl sites for hydroxylation is 1. The number of hydrogen-bond donors (Lipinski definition) is 3. The molecule has 1 fully saturated rings. The molecule has 0 bridgehead atoms. The van der Waals surface area contributed by atoms with Gasteiger partial charge in [0.1, 0.15) is 12.2 Å². The predicted molar refractivity (Wildman–Crippen MR) is 72.9 cm³/mol. The largest absolute Gasteiger partial charge is 0.367 e. The number of H-pyrrole nitrogens is 1. The van der Waals surface area contributed by atoms with Crippen molar-refractivity contribution in [2.75, 3.05) is 5.32 Å². The van der Waals surface area contributed by atoms with Gasteiger partial charge in [-0.1, -0.05) is 13.3 Å². The molecule has 7 nitrogen and oxygen atoms in total. The second-order valence-electron chi connectivity index (χ2n) is 4.96. The number of unbranched alkanes of at least 4 members (excludes halogenated alkanes) is 1. The quantitative estimate of drug-likeness (QED) is 0.713. The molecule has 7 heteroatoms. The van der Waals surface area contributed by atoms with Crippen LogP contribution in [0.4, 0.5) is 5.82 Å². The first-order chi connectivity index (χ1) is 9.60. The Hall–Kier alpha value is -1.89. The number of aromatic amines is 1. The molecule has 20 heavy (non-hydrogen) atoms. The molecule has 4 N–H and O–H groups in total. The summed E-state index contributed by atoms with van der Waals surface area (Å²) < 4.78 is 5.30. The van der Waals surface area contributed by atoms with Gasteiger partial charge in [-0.05, 0) is 25.7 Å². The molecule has 110 valence electrons. The van der Waals surface area contributed by atoms with Gasteiger partial charge in [-0.15, -0.1) is 0 Å². The van der Waals surface area contributed by atoms with Gasteiger partial charge >= 0.3 is 0 Å². The monoisotopic (exact) mass is 280 g/mol. The first-order valence-electron chi connectivity index (χ1n) is 6.90. The molecular weight excluding hydrogens is 260 g/mol. The van der Waals surface area contributed by atoms with Crippen LogP contribution in [0.25, 0.3) is 0 Å². The standard InChI is InChI=1S/C13H20N4O3/c1-2-3-4-8-7-11(17-16-8)15-13(19)10-6-5-9(20-10)12(14)18/h7,9-10H,2-6H2,1H3,(H2,14,18)(H2,15,16,17,19)/t9-,10+/m1/s1. The summed E-state index contributed by atoms with van der Waals surface area (Å²) in [5, 5.41) is 9.60. The van der Waals surface area contributed by atoms with Crippen molar-refractivity contribution in [3.8, 4) is 0 Å². The summed E-state index contributed by atoms with van der Waals surface area (Å²) in [7, 11) is 0. The summed E-state index contributed by atoms with van der Waals surface area (Å²) in [6.07, 6.45) is 2.76. The van der Waals surface area contributed by atoms with Crippen molar-refractivity contribution in [2.45, 2.75) is 51.2 Å². The van der Waals surface area contributed by atoms with Gasteiger partial charge in [0.15, 0.2) is 5.82 Å². The second-order valence-corrected chi connectivity index (χ2v) is 4.96. The molecular formula is C13H20N4O3. The Morgan fingerprint density at radius 1 is 1.50 bits per heavy atom. The molecule has 1 aliphatic heterocycles. The van der Waals surface area contributed by atoms with Gasteiger partial charge in [-0.2, -0.15) is 5.10 Å². The van der Waals surface area contributed by atoms with Crippen LogP contribution in [0, 0.1) is 0 Å². The van der Waals surface area contributed by atoms with Crippen LogP contribution in [-0.4, -0.2) is 34.2 Å². The Kier molecular flexibility index (Phi) is 4.73. The maximum atomic E-state index is 12.0. The van der Waals surface area contributed by atoms with Gasteiger partial charge < -0.3 is 15.8 Å². The third kappa shape index (κ3) is 3.57. The third-order valence-corrected chi connectivity index (χ3v) is 3.31. The van der Waals surface area contributed by atoms with Crippen molar-refractivity contribution < 1.29 is 14.3 Å². The van der Waals surface area contributed by atoms with E-state index in [0.29, 0.717) is 18.7 Å². The molecule has 0 unspecified atom stereocenters. The van der Waals surface area contributed by atoms with Crippen molar-refractivity contribution in [1.29, 1.82) is 0 Å². The number of rotatable bonds is 6. The Labute approximate surface area is 117 Å². The van der Waals surface area contributed by atoms with Gasteiger partial charge in [0.25, 0.3) is 5.91 Å². The molecule has 1 aliphatic rings. The maximum absolute atomic E-state index is 12.0. The summed E-state index contributed by atoms with van der Waals surface area (Å²) in [4.78, 5) is 22.9. The minimum absolute atomic E-state index is 0.290. The van der Waals surface area contributed by atoms with Gasteiger partial charge in [-0.3, -0.25) is 14.7 Å². The molecule has 2 rings (SSSR count). The minimum Gasteiger partial charge on any atom is -0.367 e. The van der Waals surface area contributed by atoms with Crippen molar-refractivity contribution in [2.24, 2.45) is 5.73 Å². The van der Waals surface area contributed by atoms with E-state index < -0.39 is 18.1 Å². The zero-order valence-corrected chi connectivity index (χ0v) is 11.5. The number of carbonyl (C=O) groups excluding carboxylic acids is 2. The van der Waals surface area contributed by atoms with Crippen molar-refractivity contribution in [1.82, 2.24) is 10.2 Å². The lowest BCUT2D eigenvalue weighted by molar-refractivity contribution is -0.134. The molecule has 1 saturated heterocycles. The average Bonchev–Trinajstić information content (AvgIpc) is 3.05. The van der Waals surface area contributed by atoms with Gasteiger partial charge in [0.2, 0.25) is 5.91 Å². The van der Waals surface area contributed by atoms with E-state index in [0.717, 1.165) is 25.0 Å².